The Hall–Kier alpha value is -4.31. The van der Waals surface area contributed by atoms with E-state index in [1.807, 2.05) is 6.07 Å². The van der Waals surface area contributed by atoms with Crippen molar-refractivity contribution in [3.8, 4) is 6.07 Å². The predicted molar refractivity (Wildman–Crippen MR) is 103 cm³/mol. The Kier molecular flexibility index (Phi) is 4.82. The van der Waals surface area contributed by atoms with E-state index >= 15 is 0 Å². The van der Waals surface area contributed by atoms with Crippen molar-refractivity contribution >= 4 is 39.5 Å². The zero-order chi connectivity index (χ0) is 21.3. The van der Waals surface area contributed by atoms with Crippen LogP contribution in [0.3, 0.4) is 0 Å². The second kappa shape index (κ2) is 7.60. The highest BCUT2D eigenvalue weighted by Gasteiger charge is 2.30. The molecule has 0 spiro atoms. The van der Waals surface area contributed by atoms with Crippen LogP contribution >= 0.6 is 0 Å². The Morgan fingerprint density at radius 1 is 1.07 bits per heavy atom. The van der Waals surface area contributed by atoms with Gasteiger partial charge in [0.15, 0.2) is 5.52 Å². The van der Waals surface area contributed by atoms with Gasteiger partial charge in [-0.05, 0) is 22.4 Å². The van der Waals surface area contributed by atoms with Crippen LogP contribution in [0.1, 0.15) is 5.56 Å². The fourth-order valence-corrected chi connectivity index (χ4v) is 3.23. The van der Waals surface area contributed by atoms with Crippen LogP contribution in [-0.4, -0.2) is 46.5 Å². The highest BCUT2D eigenvalue weighted by Crippen LogP contribution is 2.40. The quantitative estimate of drug-likeness (QED) is 0.482. The Balaban J connectivity index is 1.85. The number of nitrogens with one attached hydrogen (secondary N) is 1. The first-order valence-corrected chi connectivity index (χ1v) is 8.71. The van der Waals surface area contributed by atoms with E-state index in [-0.39, 0.29) is 33.7 Å². The predicted octanol–water partition coefficient (Wildman–Crippen LogP) is 2.49. The maximum absolute atomic E-state index is 11.8. The van der Waals surface area contributed by atoms with Gasteiger partial charge in [-0.3, -0.25) is 20.2 Å². The van der Waals surface area contributed by atoms with Crippen molar-refractivity contribution in [3.05, 3.63) is 50.1 Å². The number of fused-ring (bicyclic) bond motifs is 1. The lowest BCUT2D eigenvalue weighted by atomic mass is 10.1. The summed E-state index contributed by atoms with van der Waals surface area (Å²) in [7, 11) is 0. The largest absolute Gasteiger partial charge is 0.378 e. The van der Waals surface area contributed by atoms with Crippen LogP contribution in [0, 0.1) is 31.6 Å². The van der Waals surface area contributed by atoms with Gasteiger partial charge in [-0.15, -0.1) is 0 Å². The summed E-state index contributed by atoms with van der Waals surface area (Å²) >= 11 is 0. The number of nitro benzene ring substituents is 2. The molecule has 30 heavy (non-hydrogen) atoms. The summed E-state index contributed by atoms with van der Waals surface area (Å²) in [6.45, 7) is 1.71. The average Bonchev–Trinajstić information content (AvgIpc) is 3.23. The van der Waals surface area contributed by atoms with E-state index in [1.54, 1.807) is 4.90 Å². The van der Waals surface area contributed by atoms with E-state index in [4.69, 9.17) is 9.37 Å². The first-order chi connectivity index (χ1) is 14.5. The number of hydrogen-bond acceptors (Lipinski definition) is 11. The van der Waals surface area contributed by atoms with Crippen molar-refractivity contribution in [1.82, 2.24) is 10.3 Å². The van der Waals surface area contributed by atoms with Crippen LogP contribution in [0.2, 0.25) is 0 Å². The van der Waals surface area contributed by atoms with Gasteiger partial charge in [0.25, 0.3) is 5.69 Å². The number of rotatable bonds is 5. The van der Waals surface area contributed by atoms with E-state index in [0.29, 0.717) is 37.7 Å². The lowest BCUT2D eigenvalue weighted by Crippen LogP contribution is -2.36. The number of aromatic nitrogens is 2. The highest BCUT2D eigenvalue weighted by atomic mass is 16.6. The number of morpholine rings is 1. The van der Waals surface area contributed by atoms with E-state index in [1.165, 1.54) is 18.2 Å². The summed E-state index contributed by atoms with van der Waals surface area (Å²) in [4.78, 5) is 23.4. The van der Waals surface area contributed by atoms with Crippen LogP contribution < -0.4 is 10.2 Å². The van der Waals surface area contributed by atoms with Crippen LogP contribution in [0.5, 0.6) is 0 Å². The zero-order valence-corrected chi connectivity index (χ0v) is 15.3. The summed E-state index contributed by atoms with van der Waals surface area (Å²) in [5.41, 5.74) is 0.478. The molecule has 0 radical (unpaired) electrons. The molecule has 2 heterocycles. The van der Waals surface area contributed by atoms with Crippen molar-refractivity contribution < 1.29 is 19.2 Å². The van der Waals surface area contributed by atoms with Crippen molar-refractivity contribution in [2.75, 3.05) is 36.5 Å². The molecule has 0 amide bonds. The van der Waals surface area contributed by atoms with E-state index in [0.717, 1.165) is 6.07 Å². The smallest absolute Gasteiger partial charge is 0.323 e. The Bertz CT molecular complexity index is 1200. The standard InChI is InChI=1S/C17H13N7O6/c18-9-10-7-11(23(25)26)1-2-12(10)19-13-8-14(22-3-5-29-6-4-22)17(24(27)28)16-15(13)20-30-21-16/h1-2,7-8,19H,3-6H2. The molecular weight excluding hydrogens is 398 g/mol. The molecule has 1 aromatic heterocycles. The first kappa shape index (κ1) is 19.0. The molecule has 3 aromatic rings. The van der Waals surface area contributed by atoms with Gasteiger partial charge in [0.2, 0.25) is 5.52 Å². The number of nitrogens with zero attached hydrogens (tertiary/aromatic N) is 6. The summed E-state index contributed by atoms with van der Waals surface area (Å²) in [6, 6.07) is 7.19. The molecule has 1 aliphatic heterocycles. The molecule has 0 atom stereocenters. The minimum absolute atomic E-state index is 0.0279. The SMILES string of the molecule is N#Cc1cc([N+](=O)[O-])ccc1Nc1cc(N2CCOCC2)c([N+](=O)[O-])c2nonc12. The van der Waals surface area contributed by atoms with Crippen molar-refractivity contribution in [3.63, 3.8) is 0 Å². The molecule has 0 unspecified atom stereocenters. The van der Waals surface area contributed by atoms with Crippen LogP contribution in [0.25, 0.3) is 11.0 Å². The molecular formula is C17H13N7O6. The Morgan fingerprint density at radius 2 is 1.80 bits per heavy atom. The van der Waals surface area contributed by atoms with Gasteiger partial charge in [-0.25, -0.2) is 4.63 Å². The summed E-state index contributed by atoms with van der Waals surface area (Å²) < 4.78 is 10.1. The van der Waals surface area contributed by atoms with Gasteiger partial charge in [-0.2, -0.15) is 5.26 Å². The first-order valence-electron chi connectivity index (χ1n) is 8.71. The number of ether oxygens (including phenoxy) is 1. The van der Waals surface area contributed by atoms with Gasteiger partial charge >= 0.3 is 5.69 Å². The number of non-ortho nitro benzene ring substituents is 1. The summed E-state index contributed by atoms with van der Waals surface area (Å²) in [6.07, 6.45) is 0. The average molecular weight is 411 g/mol. The molecule has 4 rings (SSSR count). The van der Waals surface area contributed by atoms with E-state index < -0.39 is 9.85 Å². The lowest BCUT2D eigenvalue weighted by molar-refractivity contribution is -0.384. The number of nitro groups is 2. The number of nitriles is 1. The maximum atomic E-state index is 11.8. The molecule has 0 aliphatic carbocycles. The highest BCUT2D eigenvalue weighted by molar-refractivity contribution is 6.01. The van der Waals surface area contributed by atoms with Gasteiger partial charge in [-0.1, -0.05) is 0 Å². The molecule has 1 saturated heterocycles. The van der Waals surface area contributed by atoms with Gasteiger partial charge < -0.3 is 15.0 Å². The van der Waals surface area contributed by atoms with Gasteiger partial charge in [0, 0.05) is 25.2 Å². The summed E-state index contributed by atoms with van der Waals surface area (Å²) in [5, 5.41) is 42.5. The molecule has 13 heteroatoms. The molecule has 0 saturated carbocycles. The Morgan fingerprint density at radius 3 is 2.47 bits per heavy atom. The lowest BCUT2D eigenvalue weighted by Gasteiger charge is -2.28. The number of anilines is 3. The van der Waals surface area contributed by atoms with Crippen molar-refractivity contribution in [2.45, 2.75) is 0 Å². The number of benzene rings is 2. The third kappa shape index (κ3) is 3.31. The molecule has 13 nitrogen and oxygen atoms in total. The second-order valence-corrected chi connectivity index (χ2v) is 6.33. The van der Waals surface area contributed by atoms with Gasteiger partial charge in [0.1, 0.15) is 11.8 Å². The topological polar surface area (TPSA) is 173 Å². The molecule has 2 aromatic carbocycles. The van der Waals surface area contributed by atoms with Crippen LogP contribution in [0.4, 0.5) is 28.4 Å². The third-order valence-electron chi connectivity index (χ3n) is 4.63. The fraction of sp³-hybridized carbons (Fsp3) is 0.235. The van der Waals surface area contributed by atoms with Crippen molar-refractivity contribution in [1.29, 1.82) is 5.26 Å². The molecule has 1 N–H and O–H groups in total. The van der Waals surface area contributed by atoms with E-state index in [2.05, 4.69) is 15.6 Å². The zero-order valence-electron chi connectivity index (χ0n) is 15.3. The van der Waals surface area contributed by atoms with Crippen LogP contribution in [0.15, 0.2) is 28.9 Å². The normalized spacial score (nSPS) is 13.8. The minimum atomic E-state index is -0.604. The van der Waals surface area contributed by atoms with Crippen molar-refractivity contribution in [2.24, 2.45) is 0 Å². The third-order valence-corrected chi connectivity index (χ3v) is 4.63. The molecule has 1 fully saturated rings. The molecule has 0 bridgehead atoms. The monoisotopic (exact) mass is 411 g/mol. The Labute approximate surface area is 167 Å². The van der Waals surface area contributed by atoms with Crippen LogP contribution in [-0.2, 0) is 4.74 Å². The molecule has 1 aliphatic rings. The minimum Gasteiger partial charge on any atom is -0.378 e. The fourth-order valence-electron chi connectivity index (χ4n) is 3.23. The molecule has 152 valence electrons. The number of hydrogen-bond donors (Lipinski definition) is 1. The summed E-state index contributed by atoms with van der Waals surface area (Å²) in [5.74, 6) is 0. The van der Waals surface area contributed by atoms with Gasteiger partial charge in [0.05, 0.1) is 40.0 Å². The second-order valence-electron chi connectivity index (χ2n) is 6.33. The maximum Gasteiger partial charge on any atom is 0.323 e. The van der Waals surface area contributed by atoms with E-state index in [9.17, 15) is 25.5 Å².